The highest BCUT2D eigenvalue weighted by Crippen LogP contribution is 2.14. The molecule has 3 N–H and O–H groups in total. The summed E-state index contributed by atoms with van der Waals surface area (Å²) < 4.78 is 0. The summed E-state index contributed by atoms with van der Waals surface area (Å²) in [5.41, 5.74) is 5.96. The molecule has 0 spiro atoms. The number of nitrogens with two attached hydrogens (primary N) is 1. The largest absolute Gasteiger partial charge is 0.383 e. The Bertz CT molecular complexity index is 355. The van der Waals surface area contributed by atoms with Crippen LogP contribution in [0.15, 0.2) is 12.3 Å². The average molecular weight is 228 g/mol. The molecule has 0 unspecified atom stereocenters. The van der Waals surface area contributed by atoms with Crippen molar-refractivity contribution >= 4 is 23.2 Å². The minimum absolute atomic E-state index is 0.0871. The van der Waals surface area contributed by atoms with E-state index in [1.807, 2.05) is 6.92 Å². The van der Waals surface area contributed by atoms with Crippen LogP contribution in [0.3, 0.4) is 0 Å². The Morgan fingerprint density at radius 1 is 1.67 bits per heavy atom. The maximum atomic E-state index is 11.7. The summed E-state index contributed by atoms with van der Waals surface area (Å²) in [6, 6.07) is 1.54. The van der Waals surface area contributed by atoms with Crippen molar-refractivity contribution in [1.29, 1.82) is 0 Å². The minimum atomic E-state index is -0.0871. The van der Waals surface area contributed by atoms with Gasteiger partial charge in [-0.15, -0.1) is 0 Å². The van der Waals surface area contributed by atoms with Gasteiger partial charge in [0.15, 0.2) is 5.78 Å². The number of nitrogens with zero attached hydrogens (tertiary/aromatic N) is 1. The van der Waals surface area contributed by atoms with E-state index >= 15 is 0 Å². The number of carbonyl (C=O) groups is 1. The van der Waals surface area contributed by atoms with Crippen molar-refractivity contribution < 1.29 is 4.79 Å². The van der Waals surface area contributed by atoms with Crippen LogP contribution in [0.2, 0.25) is 5.02 Å². The lowest BCUT2D eigenvalue weighted by atomic mass is 10.1. The topological polar surface area (TPSA) is 68.0 Å². The quantitative estimate of drug-likeness (QED) is 0.591. The van der Waals surface area contributed by atoms with Gasteiger partial charge < -0.3 is 11.1 Å². The van der Waals surface area contributed by atoms with Crippen molar-refractivity contribution in [2.24, 2.45) is 0 Å². The lowest BCUT2D eigenvalue weighted by Gasteiger charge is -2.05. The maximum Gasteiger partial charge on any atom is 0.180 e. The Kier molecular flexibility index (Phi) is 4.52. The molecule has 0 radical (unpaired) electrons. The zero-order valence-electron chi connectivity index (χ0n) is 8.59. The van der Waals surface area contributed by atoms with Crippen LogP contribution in [-0.2, 0) is 0 Å². The number of rotatable bonds is 5. The molecule has 1 rings (SSSR count). The number of aromatic nitrogens is 1. The molecular formula is C10H14ClN3O. The number of halogens is 1. The zero-order valence-corrected chi connectivity index (χ0v) is 9.34. The summed E-state index contributed by atoms with van der Waals surface area (Å²) in [4.78, 5) is 15.5. The first-order valence-corrected chi connectivity index (χ1v) is 5.18. The van der Waals surface area contributed by atoms with Crippen molar-refractivity contribution in [1.82, 2.24) is 10.3 Å². The van der Waals surface area contributed by atoms with Gasteiger partial charge >= 0.3 is 0 Å². The Labute approximate surface area is 93.8 Å². The molecule has 4 nitrogen and oxygen atoms in total. The highest BCUT2D eigenvalue weighted by Gasteiger charge is 2.10. The van der Waals surface area contributed by atoms with E-state index in [0.29, 0.717) is 10.6 Å². The van der Waals surface area contributed by atoms with Crippen molar-refractivity contribution in [3.63, 3.8) is 0 Å². The highest BCUT2D eigenvalue weighted by molar-refractivity contribution is 6.31. The van der Waals surface area contributed by atoms with Gasteiger partial charge in [0.25, 0.3) is 0 Å². The van der Waals surface area contributed by atoms with E-state index in [1.165, 1.54) is 6.20 Å². The van der Waals surface area contributed by atoms with Gasteiger partial charge in [-0.2, -0.15) is 0 Å². The average Bonchev–Trinajstić information content (AvgIpc) is 2.22. The predicted octanol–water partition coefficient (Wildman–Crippen LogP) is 1.50. The van der Waals surface area contributed by atoms with E-state index in [0.717, 1.165) is 13.0 Å². The molecule has 0 aromatic carbocycles. The fourth-order valence-electron chi connectivity index (χ4n) is 1.15. The molecule has 0 saturated heterocycles. The van der Waals surface area contributed by atoms with Gasteiger partial charge in [-0.3, -0.25) is 4.79 Å². The molecule has 5 heteroatoms. The van der Waals surface area contributed by atoms with Crippen LogP contribution in [0.4, 0.5) is 5.82 Å². The van der Waals surface area contributed by atoms with Crippen LogP contribution in [0.25, 0.3) is 0 Å². The van der Waals surface area contributed by atoms with E-state index in [9.17, 15) is 4.79 Å². The number of hydrogen-bond acceptors (Lipinski definition) is 4. The molecule has 15 heavy (non-hydrogen) atoms. The molecule has 0 saturated carbocycles. The van der Waals surface area contributed by atoms with Gasteiger partial charge in [0.1, 0.15) is 5.82 Å². The predicted molar refractivity (Wildman–Crippen MR) is 61.2 cm³/mol. The second-order valence-corrected chi connectivity index (χ2v) is 3.62. The smallest absolute Gasteiger partial charge is 0.180 e. The highest BCUT2D eigenvalue weighted by atomic mass is 35.5. The third kappa shape index (κ3) is 3.49. The van der Waals surface area contributed by atoms with Gasteiger partial charge in [0.2, 0.25) is 0 Å². The molecule has 0 amide bonds. The summed E-state index contributed by atoms with van der Waals surface area (Å²) in [6.45, 7) is 3.10. The van der Waals surface area contributed by atoms with Gasteiger partial charge in [-0.1, -0.05) is 18.5 Å². The minimum Gasteiger partial charge on any atom is -0.383 e. The van der Waals surface area contributed by atoms with Crippen LogP contribution in [0.1, 0.15) is 23.7 Å². The summed E-state index contributed by atoms with van der Waals surface area (Å²) in [7, 11) is 0. The van der Waals surface area contributed by atoms with E-state index < -0.39 is 0 Å². The first-order valence-electron chi connectivity index (χ1n) is 4.80. The molecule has 1 heterocycles. The number of carbonyl (C=O) groups excluding carboxylic acids is 1. The summed E-state index contributed by atoms with van der Waals surface area (Å²) in [5.74, 6) is 0.138. The third-order valence-electron chi connectivity index (χ3n) is 1.90. The molecule has 0 fully saturated rings. The van der Waals surface area contributed by atoms with E-state index in [2.05, 4.69) is 10.3 Å². The molecular weight excluding hydrogens is 214 g/mol. The van der Waals surface area contributed by atoms with Crippen molar-refractivity contribution in [3.8, 4) is 0 Å². The number of hydrogen-bond donors (Lipinski definition) is 2. The van der Waals surface area contributed by atoms with Gasteiger partial charge in [0.05, 0.1) is 17.1 Å². The van der Waals surface area contributed by atoms with Crippen LogP contribution in [0, 0.1) is 0 Å². The number of ketones is 1. The summed E-state index contributed by atoms with van der Waals surface area (Å²) >= 11 is 5.73. The maximum absolute atomic E-state index is 11.7. The molecule has 0 aliphatic heterocycles. The fourth-order valence-corrected chi connectivity index (χ4v) is 1.31. The molecule has 0 bridgehead atoms. The van der Waals surface area contributed by atoms with Crippen molar-refractivity contribution in [2.75, 3.05) is 18.8 Å². The first kappa shape index (κ1) is 11.9. The normalized spacial score (nSPS) is 10.3. The Balaban J connectivity index is 2.68. The van der Waals surface area contributed by atoms with Crippen molar-refractivity contribution in [2.45, 2.75) is 13.3 Å². The van der Waals surface area contributed by atoms with E-state index in [-0.39, 0.29) is 18.1 Å². The fraction of sp³-hybridized carbons (Fsp3) is 0.400. The SMILES string of the molecule is CCCNCC(=O)c1cc(Cl)cnc1N. The Morgan fingerprint density at radius 2 is 2.40 bits per heavy atom. The lowest BCUT2D eigenvalue weighted by molar-refractivity contribution is 0.0992. The molecule has 0 aliphatic carbocycles. The van der Waals surface area contributed by atoms with E-state index in [4.69, 9.17) is 17.3 Å². The van der Waals surface area contributed by atoms with Gasteiger partial charge in [-0.25, -0.2) is 4.98 Å². The van der Waals surface area contributed by atoms with E-state index in [1.54, 1.807) is 6.07 Å². The second-order valence-electron chi connectivity index (χ2n) is 3.19. The lowest BCUT2D eigenvalue weighted by Crippen LogP contribution is -2.24. The van der Waals surface area contributed by atoms with Gasteiger partial charge in [-0.05, 0) is 19.0 Å². The number of pyridine rings is 1. The monoisotopic (exact) mass is 227 g/mol. The standard InChI is InChI=1S/C10H14ClN3O/c1-2-3-13-6-9(15)8-4-7(11)5-14-10(8)12/h4-5,13H,2-3,6H2,1H3,(H2,12,14). The number of Topliss-reactive ketones (excluding diaryl/α,β-unsaturated/α-hetero) is 1. The molecule has 1 aromatic rings. The number of nitrogen functional groups attached to an aromatic ring is 1. The zero-order chi connectivity index (χ0) is 11.3. The summed E-state index contributed by atoms with van der Waals surface area (Å²) in [5, 5.41) is 3.42. The van der Waals surface area contributed by atoms with Crippen LogP contribution >= 0.6 is 11.6 Å². The molecule has 82 valence electrons. The molecule has 1 aromatic heterocycles. The Morgan fingerprint density at radius 3 is 3.07 bits per heavy atom. The van der Waals surface area contributed by atoms with Crippen LogP contribution in [-0.4, -0.2) is 23.9 Å². The molecule has 0 aliphatic rings. The number of anilines is 1. The second kappa shape index (κ2) is 5.68. The molecule has 0 atom stereocenters. The number of nitrogens with one attached hydrogen (secondary N) is 1. The third-order valence-corrected chi connectivity index (χ3v) is 2.10. The van der Waals surface area contributed by atoms with Gasteiger partial charge in [0, 0.05) is 6.20 Å². The van der Waals surface area contributed by atoms with Crippen LogP contribution in [0.5, 0.6) is 0 Å². The Hall–Kier alpha value is -1.13. The van der Waals surface area contributed by atoms with Crippen molar-refractivity contribution in [3.05, 3.63) is 22.8 Å². The summed E-state index contributed by atoms with van der Waals surface area (Å²) in [6.07, 6.45) is 2.41. The first-order chi connectivity index (χ1) is 7.15. The van der Waals surface area contributed by atoms with Crippen LogP contribution < -0.4 is 11.1 Å².